The average molecular weight is 399 g/mol. The zero-order valence-electron chi connectivity index (χ0n) is 15.0. The number of halogens is 1. The molecule has 3 aromatic rings. The number of hydrogen-bond acceptors (Lipinski definition) is 2. The van der Waals surface area contributed by atoms with Gasteiger partial charge in [0.2, 0.25) is 0 Å². The molecule has 2 heterocycles. The van der Waals surface area contributed by atoms with Crippen molar-refractivity contribution in [3.05, 3.63) is 58.2 Å². The lowest BCUT2D eigenvalue weighted by Crippen LogP contribution is -2.45. The quantitative estimate of drug-likeness (QED) is 0.568. The van der Waals surface area contributed by atoms with Crippen molar-refractivity contribution in [3.63, 3.8) is 0 Å². The molecule has 0 unspecified atom stereocenters. The van der Waals surface area contributed by atoms with Gasteiger partial charge in [0.1, 0.15) is 5.75 Å². The summed E-state index contributed by atoms with van der Waals surface area (Å²) in [4.78, 5) is 3.45. The van der Waals surface area contributed by atoms with Gasteiger partial charge in [0, 0.05) is 39.8 Å². The molecule has 2 aromatic carbocycles. The summed E-state index contributed by atoms with van der Waals surface area (Å²) in [5, 5.41) is 4.98. The molecule has 0 amide bonds. The number of para-hydroxylation sites is 1. The number of aromatic amines is 1. The van der Waals surface area contributed by atoms with Gasteiger partial charge in [-0.2, -0.15) is 0 Å². The highest BCUT2D eigenvalue weighted by molar-refractivity contribution is 9.10. The van der Waals surface area contributed by atoms with Gasteiger partial charge in [-0.1, -0.05) is 25.1 Å². The third-order valence-electron chi connectivity index (χ3n) is 5.34. The number of nitrogens with one attached hydrogen (secondary N) is 2. The smallest absolute Gasteiger partial charge is 0.135 e. The van der Waals surface area contributed by atoms with E-state index in [0.29, 0.717) is 0 Å². The first-order valence-electron chi connectivity index (χ1n) is 8.57. The molecular formula is C21H23BrN2O. The highest BCUT2D eigenvalue weighted by atomic mass is 79.9. The molecule has 0 bridgehead atoms. The standard InChI is InChI=1S/C21H23BrN2O/c1-20(2)12-21(3,15-11-23-17-8-6-5-7-13(15)17)14-9-16(22)19(25-4)10-18(14)24-20/h5-11,23-24H,12H2,1-4H3/t21-/m0/s1. The van der Waals surface area contributed by atoms with Gasteiger partial charge in [-0.05, 0) is 59.5 Å². The molecule has 4 heteroatoms. The second-order valence-corrected chi connectivity index (χ2v) is 8.65. The van der Waals surface area contributed by atoms with Gasteiger partial charge in [0.05, 0.1) is 11.6 Å². The van der Waals surface area contributed by atoms with Gasteiger partial charge in [0.15, 0.2) is 0 Å². The second kappa shape index (κ2) is 5.53. The van der Waals surface area contributed by atoms with Gasteiger partial charge < -0.3 is 15.0 Å². The summed E-state index contributed by atoms with van der Waals surface area (Å²) >= 11 is 3.67. The van der Waals surface area contributed by atoms with Crippen molar-refractivity contribution < 1.29 is 4.74 Å². The highest BCUT2D eigenvalue weighted by Gasteiger charge is 2.43. The van der Waals surface area contributed by atoms with Crippen LogP contribution in [0.3, 0.4) is 0 Å². The molecule has 4 rings (SSSR count). The Bertz CT molecular complexity index is 960. The topological polar surface area (TPSA) is 37.0 Å². The van der Waals surface area contributed by atoms with E-state index in [9.17, 15) is 0 Å². The number of H-pyrrole nitrogens is 1. The van der Waals surface area contributed by atoms with E-state index in [1.807, 2.05) is 0 Å². The van der Waals surface area contributed by atoms with Crippen LogP contribution >= 0.6 is 15.9 Å². The summed E-state index contributed by atoms with van der Waals surface area (Å²) in [5.74, 6) is 0.852. The number of hydrogen-bond donors (Lipinski definition) is 2. The first-order valence-corrected chi connectivity index (χ1v) is 9.36. The fourth-order valence-corrected chi connectivity index (χ4v) is 4.93. The molecule has 0 spiro atoms. The van der Waals surface area contributed by atoms with E-state index in [1.165, 1.54) is 22.0 Å². The van der Waals surface area contributed by atoms with E-state index in [0.717, 1.165) is 22.3 Å². The molecule has 0 radical (unpaired) electrons. The Balaban J connectivity index is 2.00. The lowest BCUT2D eigenvalue weighted by atomic mass is 9.66. The molecular weight excluding hydrogens is 376 g/mol. The number of ether oxygens (including phenoxy) is 1. The van der Waals surface area contributed by atoms with E-state index in [1.54, 1.807) is 7.11 Å². The molecule has 0 saturated carbocycles. The number of methoxy groups -OCH3 is 1. The maximum atomic E-state index is 5.52. The first kappa shape index (κ1) is 16.5. The maximum Gasteiger partial charge on any atom is 0.135 e. The molecule has 0 fully saturated rings. The summed E-state index contributed by atoms with van der Waals surface area (Å²) in [7, 11) is 1.71. The third-order valence-corrected chi connectivity index (χ3v) is 5.96. The third kappa shape index (κ3) is 2.54. The van der Waals surface area contributed by atoms with Crippen molar-refractivity contribution in [2.24, 2.45) is 0 Å². The van der Waals surface area contributed by atoms with Gasteiger partial charge in [-0.3, -0.25) is 0 Å². The van der Waals surface area contributed by atoms with Crippen LogP contribution in [0.15, 0.2) is 47.1 Å². The summed E-state index contributed by atoms with van der Waals surface area (Å²) in [5.41, 5.74) is 4.85. The number of fused-ring (bicyclic) bond motifs is 2. The number of benzene rings is 2. The van der Waals surface area contributed by atoms with Gasteiger partial charge in [-0.15, -0.1) is 0 Å². The average Bonchev–Trinajstić information content (AvgIpc) is 2.99. The Morgan fingerprint density at radius 1 is 1.08 bits per heavy atom. The van der Waals surface area contributed by atoms with E-state index in [4.69, 9.17) is 4.74 Å². The van der Waals surface area contributed by atoms with E-state index >= 15 is 0 Å². The van der Waals surface area contributed by atoms with Crippen LogP contribution in [0.5, 0.6) is 5.75 Å². The van der Waals surface area contributed by atoms with Crippen molar-refractivity contribution >= 4 is 32.5 Å². The minimum atomic E-state index is -0.0987. The van der Waals surface area contributed by atoms with Crippen LogP contribution in [0.4, 0.5) is 5.69 Å². The molecule has 1 aliphatic heterocycles. The summed E-state index contributed by atoms with van der Waals surface area (Å²) in [6.45, 7) is 6.87. The molecule has 0 aliphatic carbocycles. The van der Waals surface area contributed by atoms with Gasteiger partial charge >= 0.3 is 0 Å². The lowest BCUT2D eigenvalue weighted by Gasteiger charge is -2.45. The zero-order valence-corrected chi connectivity index (χ0v) is 16.6. The van der Waals surface area contributed by atoms with Crippen LogP contribution in [0.25, 0.3) is 10.9 Å². The Kier molecular flexibility index (Phi) is 3.66. The van der Waals surface area contributed by atoms with Crippen LogP contribution in [0.2, 0.25) is 0 Å². The predicted molar refractivity (Wildman–Crippen MR) is 108 cm³/mol. The number of rotatable bonds is 2. The molecule has 1 aliphatic rings. The Labute approximate surface area is 156 Å². The monoisotopic (exact) mass is 398 g/mol. The Hall–Kier alpha value is -1.94. The molecule has 1 aromatic heterocycles. The highest BCUT2D eigenvalue weighted by Crippen LogP contribution is 2.51. The van der Waals surface area contributed by atoms with E-state index in [2.05, 4.69) is 89.6 Å². The predicted octanol–water partition coefficient (Wildman–Crippen LogP) is 5.84. The lowest BCUT2D eigenvalue weighted by molar-refractivity contribution is 0.376. The summed E-state index contributed by atoms with van der Waals surface area (Å²) in [6.07, 6.45) is 3.18. The minimum absolute atomic E-state index is 0.0149. The van der Waals surface area contributed by atoms with E-state index < -0.39 is 0 Å². The normalized spacial score (nSPS) is 21.6. The zero-order chi connectivity index (χ0) is 17.8. The van der Waals surface area contributed by atoms with Crippen molar-refractivity contribution in [1.82, 2.24) is 4.98 Å². The molecule has 25 heavy (non-hydrogen) atoms. The summed E-state index contributed by atoms with van der Waals surface area (Å²) in [6, 6.07) is 12.8. The largest absolute Gasteiger partial charge is 0.495 e. The Morgan fingerprint density at radius 3 is 2.60 bits per heavy atom. The van der Waals surface area contributed by atoms with Crippen LogP contribution in [-0.4, -0.2) is 17.6 Å². The molecule has 3 nitrogen and oxygen atoms in total. The first-order chi connectivity index (χ1) is 11.8. The molecule has 130 valence electrons. The van der Waals surface area contributed by atoms with Crippen molar-refractivity contribution in [2.45, 2.75) is 38.1 Å². The summed E-state index contributed by atoms with van der Waals surface area (Å²) < 4.78 is 6.50. The van der Waals surface area contributed by atoms with Crippen molar-refractivity contribution in [2.75, 3.05) is 12.4 Å². The molecule has 1 atom stereocenters. The van der Waals surface area contributed by atoms with Gasteiger partial charge in [0.25, 0.3) is 0 Å². The molecule has 0 saturated heterocycles. The number of aromatic nitrogens is 1. The van der Waals surface area contributed by atoms with Gasteiger partial charge in [-0.25, -0.2) is 0 Å². The van der Waals surface area contributed by atoms with Crippen LogP contribution in [0, 0.1) is 0 Å². The number of anilines is 1. The molecule has 2 N–H and O–H groups in total. The van der Waals surface area contributed by atoms with Crippen molar-refractivity contribution in [1.29, 1.82) is 0 Å². The Morgan fingerprint density at radius 2 is 1.84 bits per heavy atom. The van der Waals surface area contributed by atoms with Crippen LogP contribution in [0.1, 0.15) is 38.3 Å². The minimum Gasteiger partial charge on any atom is -0.495 e. The second-order valence-electron chi connectivity index (χ2n) is 7.80. The van der Waals surface area contributed by atoms with Crippen LogP contribution in [-0.2, 0) is 5.41 Å². The fraction of sp³-hybridized carbons (Fsp3) is 0.333. The SMILES string of the molecule is COc1cc2c(cc1Br)[C@@](C)(c1c[nH]c3ccccc13)CC(C)(C)N2. The van der Waals surface area contributed by atoms with E-state index in [-0.39, 0.29) is 11.0 Å². The van der Waals surface area contributed by atoms with Crippen molar-refractivity contribution in [3.8, 4) is 5.75 Å². The van der Waals surface area contributed by atoms with Crippen LogP contribution < -0.4 is 10.1 Å². The fourth-order valence-electron chi connectivity index (χ4n) is 4.43. The maximum absolute atomic E-state index is 5.52.